The molecule has 1 saturated carbocycles. The molecule has 3 heterocycles. The van der Waals surface area contributed by atoms with Gasteiger partial charge in [-0.25, -0.2) is 15.0 Å². The second-order valence-corrected chi connectivity index (χ2v) is 6.40. The molecule has 0 spiro atoms. The summed E-state index contributed by atoms with van der Waals surface area (Å²) < 4.78 is 7.19. The first-order valence-electron chi connectivity index (χ1n) is 6.94. The van der Waals surface area contributed by atoms with Crippen LogP contribution in [-0.2, 0) is 4.74 Å². The maximum Gasteiger partial charge on any atom is 0.169 e. The standard InChI is InChI=1S/C13H17N5O4/c1-11(2)12(20)6(3-19)22-10(13(11,12)21)18-5-17-7-8(14)15-4-16-9(7)18/h4-6,10,19-21H,3H2,1-2H3,(H2,14,15,16)/t6-,10-,12+,13-/m0/s1. The van der Waals surface area contributed by atoms with Crippen LogP contribution in [0.3, 0.4) is 0 Å². The van der Waals surface area contributed by atoms with Crippen molar-refractivity contribution in [3.8, 4) is 0 Å². The number of nitrogens with zero attached hydrogens (tertiary/aromatic N) is 4. The van der Waals surface area contributed by atoms with Gasteiger partial charge in [0.25, 0.3) is 0 Å². The molecule has 4 atom stereocenters. The average Bonchev–Trinajstić information content (AvgIpc) is 2.86. The number of hydrogen-bond acceptors (Lipinski definition) is 8. The number of hydrogen-bond donors (Lipinski definition) is 4. The molecule has 0 aromatic carbocycles. The highest BCUT2D eigenvalue weighted by atomic mass is 16.6. The molecule has 0 radical (unpaired) electrons. The van der Waals surface area contributed by atoms with E-state index in [2.05, 4.69) is 15.0 Å². The van der Waals surface area contributed by atoms with E-state index >= 15 is 0 Å². The van der Waals surface area contributed by atoms with Crippen molar-refractivity contribution in [2.24, 2.45) is 5.41 Å². The van der Waals surface area contributed by atoms with Gasteiger partial charge in [0.05, 0.1) is 12.9 Å². The lowest BCUT2D eigenvalue weighted by molar-refractivity contribution is -0.123. The number of aliphatic hydroxyl groups excluding tert-OH is 1. The molecule has 5 N–H and O–H groups in total. The maximum atomic E-state index is 11.0. The van der Waals surface area contributed by atoms with E-state index in [-0.39, 0.29) is 5.82 Å². The van der Waals surface area contributed by atoms with Crippen LogP contribution in [-0.4, -0.2) is 58.8 Å². The van der Waals surface area contributed by atoms with Crippen LogP contribution < -0.4 is 5.73 Å². The van der Waals surface area contributed by atoms with Crippen LogP contribution in [0.4, 0.5) is 5.82 Å². The second-order valence-electron chi connectivity index (χ2n) is 6.40. The van der Waals surface area contributed by atoms with Gasteiger partial charge in [-0.3, -0.25) is 4.57 Å². The summed E-state index contributed by atoms with van der Waals surface area (Å²) in [6.45, 7) is 3.06. The van der Waals surface area contributed by atoms with Crippen LogP contribution in [0.2, 0.25) is 0 Å². The highest BCUT2D eigenvalue weighted by Gasteiger charge is 2.92. The first-order valence-corrected chi connectivity index (χ1v) is 6.94. The maximum absolute atomic E-state index is 11.0. The SMILES string of the molecule is CC1(C)[C@]2(O)[C@H](CO)O[C@H](n3cnc4c(N)ncnc43)[C@]12O. The van der Waals surface area contributed by atoms with Gasteiger partial charge in [0.15, 0.2) is 17.7 Å². The van der Waals surface area contributed by atoms with Gasteiger partial charge in [-0.2, -0.15) is 0 Å². The summed E-state index contributed by atoms with van der Waals surface area (Å²) in [5.41, 5.74) is 2.62. The molecular weight excluding hydrogens is 290 g/mol. The average molecular weight is 307 g/mol. The second kappa shape index (κ2) is 3.74. The molecule has 2 aromatic rings. The van der Waals surface area contributed by atoms with Crippen LogP contribution >= 0.6 is 0 Å². The van der Waals surface area contributed by atoms with Crippen LogP contribution in [0.15, 0.2) is 12.7 Å². The van der Waals surface area contributed by atoms with Crippen molar-refractivity contribution in [3.63, 3.8) is 0 Å². The molecule has 9 heteroatoms. The Morgan fingerprint density at radius 2 is 2.00 bits per heavy atom. The number of rotatable bonds is 2. The van der Waals surface area contributed by atoms with Crippen molar-refractivity contribution in [3.05, 3.63) is 12.7 Å². The Bertz CT molecular complexity index is 777. The van der Waals surface area contributed by atoms with Crippen molar-refractivity contribution in [1.29, 1.82) is 0 Å². The van der Waals surface area contributed by atoms with Gasteiger partial charge in [-0.1, -0.05) is 13.8 Å². The van der Waals surface area contributed by atoms with Crippen LogP contribution in [0.25, 0.3) is 11.2 Å². The fourth-order valence-corrected chi connectivity index (χ4v) is 3.88. The number of ether oxygens (including phenoxy) is 1. The van der Waals surface area contributed by atoms with Gasteiger partial charge in [0.2, 0.25) is 0 Å². The first-order chi connectivity index (χ1) is 10.3. The molecule has 1 saturated heterocycles. The largest absolute Gasteiger partial charge is 0.394 e. The number of anilines is 1. The third-order valence-electron chi connectivity index (χ3n) is 5.35. The summed E-state index contributed by atoms with van der Waals surface area (Å²) in [5, 5.41) is 31.3. The third kappa shape index (κ3) is 1.16. The Labute approximate surface area is 125 Å². The highest BCUT2D eigenvalue weighted by Crippen LogP contribution is 2.75. The fourth-order valence-electron chi connectivity index (χ4n) is 3.88. The normalized spacial score (nSPS) is 39.1. The summed E-state index contributed by atoms with van der Waals surface area (Å²) in [6.07, 6.45) is 0.910. The fraction of sp³-hybridized carbons (Fsp3) is 0.615. The van der Waals surface area contributed by atoms with Crippen molar-refractivity contribution in [1.82, 2.24) is 19.5 Å². The van der Waals surface area contributed by atoms with Gasteiger partial charge in [-0.15, -0.1) is 0 Å². The number of aliphatic hydroxyl groups is 3. The topological polar surface area (TPSA) is 140 Å². The zero-order chi connectivity index (χ0) is 15.9. The van der Waals surface area contributed by atoms with Crippen LogP contribution in [0, 0.1) is 5.41 Å². The van der Waals surface area contributed by atoms with Crippen molar-refractivity contribution in [2.75, 3.05) is 12.3 Å². The van der Waals surface area contributed by atoms with Crippen molar-refractivity contribution < 1.29 is 20.1 Å². The molecule has 4 rings (SSSR count). The summed E-state index contributed by atoms with van der Waals surface area (Å²) in [6, 6.07) is 0. The summed E-state index contributed by atoms with van der Waals surface area (Å²) >= 11 is 0. The van der Waals surface area contributed by atoms with E-state index in [9.17, 15) is 15.3 Å². The Balaban J connectivity index is 1.88. The molecule has 2 fully saturated rings. The molecule has 118 valence electrons. The molecule has 2 aromatic heterocycles. The van der Waals surface area contributed by atoms with Gasteiger partial charge >= 0.3 is 0 Å². The van der Waals surface area contributed by atoms with Gasteiger partial charge in [-0.05, 0) is 0 Å². The lowest BCUT2D eigenvalue weighted by atomic mass is 10.0. The van der Waals surface area contributed by atoms with Crippen LogP contribution in [0.1, 0.15) is 20.1 Å². The molecule has 0 unspecified atom stereocenters. The summed E-state index contributed by atoms with van der Waals surface area (Å²) in [7, 11) is 0. The van der Waals surface area contributed by atoms with Crippen molar-refractivity contribution >= 4 is 17.0 Å². The molecule has 2 aliphatic rings. The van der Waals surface area contributed by atoms with Gasteiger partial charge < -0.3 is 25.8 Å². The monoisotopic (exact) mass is 307 g/mol. The summed E-state index contributed by atoms with van der Waals surface area (Å²) in [5.74, 6) is 0.220. The molecular formula is C13H17N5O4. The Kier molecular flexibility index (Phi) is 2.35. The minimum atomic E-state index is -1.55. The quantitative estimate of drug-likeness (QED) is 0.542. The van der Waals surface area contributed by atoms with E-state index in [4.69, 9.17) is 10.5 Å². The van der Waals surface area contributed by atoms with E-state index in [0.717, 1.165) is 0 Å². The summed E-state index contributed by atoms with van der Waals surface area (Å²) in [4.78, 5) is 12.1. The Morgan fingerprint density at radius 1 is 1.27 bits per heavy atom. The minimum absolute atomic E-state index is 0.220. The smallest absolute Gasteiger partial charge is 0.169 e. The van der Waals surface area contributed by atoms with E-state index in [1.165, 1.54) is 17.2 Å². The zero-order valence-corrected chi connectivity index (χ0v) is 12.1. The molecule has 1 aliphatic carbocycles. The Hall–Kier alpha value is -1.81. The highest BCUT2D eigenvalue weighted by molar-refractivity contribution is 5.81. The molecule has 1 aliphatic heterocycles. The number of imidazole rings is 1. The first kappa shape index (κ1) is 13.8. The molecule has 0 bridgehead atoms. The van der Waals surface area contributed by atoms with Crippen molar-refractivity contribution in [2.45, 2.75) is 37.4 Å². The predicted molar refractivity (Wildman–Crippen MR) is 74.4 cm³/mol. The van der Waals surface area contributed by atoms with Gasteiger partial charge in [0, 0.05) is 5.41 Å². The number of nitrogens with two attached hydrogens (primary N) is 1. The van der Waals surface area contributed by atoms with E-state index in [0.29, 0.717) is 11.2 Å². The van der Waals surface area contributed by atoms with Gasteiger partial charge in [0.1, 0.15) is 29.2 Å². The molecule has 9 nitrogen and oxygen atoms in total. The lowest BCUT2D eigenvalue weighted by Gasteiger charge is -2.26. The number of aromatic nitrogens is 4. The molecule has 22 heavy (non-hydrogen) atoms. The van der Waals surface area contributed by atoms with E-state index in [1.54, 1.807) is 13.8 Å². The zero-order valence-electron chi connectivity index (χ0n) is 12.1. The third-order valence-corrected chi connectivity index (χ3v) is 5.35. The van der Waals surface area contributed by atoms with E-state index in [1.807, 2.05) is 0 Å². The minimum Gasteiger partial charge on any atom is -0.394 e. The lowest BCUT2D eigenvalue weighted by Crippen LogP contribution is -2.36. The number of fused-ring (bicyclic) bond motifs is 2. The number of nitrogen functional groups attached to an aromatic ring is 1. The van der Waals surface area contributed by atoms with E-state index < -0.39 is 35.6 Å². The Morgan fingerprint density at radius 3 is 2.64 bits per heavy atom. The van der Waals surface area contributed by atoms with Crippen LogP contribution in [0.5, 0.6) is 0 Å². The molecule has 0 amide bonds. The predicted octanol–water partition coefficient (Wildman–Crippen LogP) is -1.20.